The van der Waals surface area contributed by atoms with Crippen molar-refractivity contribution >= 4 is 40.8 Å². The van der Waals surface area contributed by atoms with Crippen LogP contribution in [0.5, 0.6) is 0 Å². The van der Waals surface area contributed by atoms with Gasteiger partial charge >= 0.3 is 0 Å². The van der Waals surface area contributed by atoms with Crippen LogP contribution in [0, 0.1) is 0 Å². The molecule has 0 radical (unpaired) electrons. The maximum absolute atomic E-state index is 12.3. The SMILES string of the molecule is O=C1N/C(=N\N=C/c2ccccc2)S[C@H]1Cc1ccc(SC(F)F)cc1. The number of hydrogen-bond donors (Lipinski definition) is 1. The van der Waals surface area contributed by atoms with Crippen LogP contribution < -0.4 is 5.32 Å². The first-order valence-corrected chi connectivity index (χ1v) is 9.53. The van der Waals surface area contributed by atoms with Gasteiger partial charge in [-0.15, -0.1) is 5.10 Å². The van der Waals surface area contributed by atoms with Gasteiger partial charge in [-0.3, -0.25) is 4.79 Å². The molecule has 8 heteroatoms. The van der Waals surface area contributed by atoms with E-state index in [4.69, 9.17) is 0 Å². The monoisotopic (exact) mass is 391 g/mol. The number of benzene rings is 2. The Morgan fingerprint density at radius 1 is 1.15 bits per heavy atom. The largest absolute Gasteiger partial charge is 0.303 e. The molecule has 1 heterocycles. The van der Waals surface area contributed by atoms with Gasteiger partial charge in [-0.1, -0.05) is 66.0 Å². The summed E-state index contributed by atoms with van der Waals surface area (Å²) in [6.45, 7) is 0. The molecule has 1 aliphatic heterocycles. The Kier molecular flexibility index (Phi) is 6.40. The standard InChI is InChI=1S/C18H15F2N3OS2/c19-17(20)25-14-8-6-12(7-9-14)10-15-16(24)22-18(26-15)23-21-11-13-4-2-1-3-5-13/h1-9,11,15,17H,10H2,(H,22,23,24)/b21-11-/t15-/m0/s1. The number of carbonyl (C=O) groups is 1. The Balaban J connectivity index is 1.57. The molecule has 0 bridgehead atoms. The molecule has 1 amide bonds. The Labute approximate surface area is 158 Å². The molecule has 1 aliphatic rings. The lowest BCUT2D eigenvalue weighted by molar-refractivity contribution is -0.118. The first-order valence-electron chi connectivity index (χ1n) is 7.77. The molecule has 2 aromatic rings. The first kappa shape index (κ1) is 18.6. The number of thioether (sulfide) groups is 2. The molecular formula is C18H15F2N3OS2. The van der Waals surface area contributed by atoms with Crippen molar-refractivity contribution in [3.05, 3.63) is 65.7 Å². The van der Waals surface area contributed by atoms with E-state index in [0.29, 0.717) is 28.2 Å². The summed E-state index contributed by atoms with van der Waals surface area (Å²) in [4.78, 5) is 12.6. The van der Waals surface area contributed by atoms with Crippen molar-refractivity contribution in [2.45, 2.75) is 22.3 Å². The lowest BCUT2D eigenvalue weighted by atomic mass is 10.1. The number of alkyl halides is 2. The molecule has 1 atom stereocenters. The van der Waals surface area contributed by atoms with Crippen molar-refractivity contribution in [3.8, 4) is 0 Å². The third kappa shape index (κ3) is 5.40. The van der Waals surface area contributed by atoms with Gasteiger partial charge in [0.2, 0.25) is 5.91 Å². The van der Waals surface area contributed by atoms with Crippen LogP contribution in [-0.2, 0) is 11.2 Å². The molecule has 0 saturated carbocycles. The summed E-state index contributed by atoms with van der Waals surface area (Å²) >= 11 is 1.82. The Hall–Kier alpha value is -2.19. The van der Waals surface area contributed by atoms with Crippen molar-refractivity contribution < 1.29 is 13.6 Å². The molecule has 4 nitrogen and oxygen atoms in total. The lowest BCUT2D eigenvalue weighted by Crippen LogP contribution is -2.25. The minimum absolute atomic E-state index is 0.130. The van der Waals surface area contributed by atoms with Gasteiger partial charge in [0.15, 0.2) is 5.17 Å². The Bertz CT molecular complexity index is 811. The first-order chi connectivity index (χ1) is 12.6. The van der Waals surface area contributed by atoms with Crippen LogP contribution in [0.15, 0.2) is 69.7 Å². The van der Waals surface area contributed by atoms with E-state index in [-0.39, 0.29) is 11.2 Å². The Morgan fingerprint density at radius 3 is 2.58 bits per heavy atom. The van der Waals surface area contributed by atoms with E-state index < -0.39 is 5.76 Å². The van der Waals surface area contributed by atoms with Crippen LogP contribution >= 0.6 is 23.5 Å². The van der Waals surface area contributed by atoms with Gasteiger partial charge < -0.3 is 5.32 Å². The summed E-state index contributed by atoms with van der Waals surface area (Å²) in [5.41, 5.74) is 1.83. The third-order valence-corrected chi connectivity index (χ3v) is 5.30. The number of nitrogens with zero attached hydrogens (tertiary/aromatic N) is 2. The minimum Gasteiger partial charge on any atom is -0.303 e. The predicted molar refractivity (Wildman–Crippen MR) is 103 cm³/mol. The van der Waals surface area contributed by atoms with Crippen LogP contribution in [0.25, 0.3) is 0 Å². The molecule has 0 aliphatic carbocycles. The lowest BCUT2D eigenvalue weighted by Gasteiger charge is -2.06. The van der Waals surface area contributed by atoms with E-state index in [9.17, 15) is 13.6 Å². The molecule has 0 spiro atoms. The average Bonchev–Trinajstić information content (AvgIpc) is 2.97. The maximum atomic E-state index is 12.3. The maximum Gasteiger partial charge on any atom is 0.288 e. The minimum atomic E-state index is -2.44. The van der Waals surface area contributed by atoms with Crippen LogP contribution in [0.2, 0.25) is 0 Å². The number of carbonyl (C=O) groups excluding carboxylic acids is 1. The van der Waals surface area contributed by atoms with Crippen LogP contribution in [-0.4, -0.2) is 28.3 Å². The highest BCUT2D eigenvalue weighted by Crippen LogP contribution is 2.27. The molecule has 0 unspecified atom stereocenters. The van der Waals surface area contributed by atoms with Gasteiger partial charge in [0.25, 0.3) is 5.76 Å². The Morgan fingerprint density at radius 2 is 1.88 bits per heavy atom. The molecule has 2 aromatic carbocycles. The van der Waals surface area contributed by atoms with Gasteiger partial charge in [0, 0.05) is 4.90 Å². The second-order valence-corrected chi connectivity index (χ2v) is 7.64. The van der Waals surface area contributed by atoms with E-state index in [2.05, 4.69) is 15.5 Å². The van der Waals surface area contributed by atoms with Crippen molar-refractivity contribution in [1.82, 2.24) is 5.32 Å². The fourth-order valence-electron chi connectivity index (χ4n) is 2.29. The molecule has 3 rings (SSSR count). The van der Waals surface area contributed by atoms with Gasteiger partial charge in [-0.25, -0.2) is 0 Å². The predicted octanol–water partition coefficient (Wildman–Crippen LogP) is 4.17. The van der Waals surface area contributed by atoms with E-state index in [1.165, 1.54) is 11.8 Å². The molecule has 1 fully saturated rings. The molecule has 0 aromatic heterocycles. The van der Waals surface area contributed by atoms with Crippen molar-refractivity contribution in [3.63, 3.8) is 0 Å². The topological polar surface area (TPSA) is 53.8 Å². The molecular weight excluding hydrogens is 376 g/mol. The smallest absolute Gasteiger partial charge is 0.288 e. The normalized spacial score (nSPS) is 18.8. The van der Waals surface area contributed by atoms with Gasteiger partial charge in [0.05, 0.1) is 11.5 Å². The third-order valence-electron chi connectivity index (χ3n) is 3.50. The number of amidine groups is 1. The highest BCUT2D eigenvalue weighted by molar-refractivity contribution is 8.15. The summed E-state index contributed by atoms with van der Waals surface area (Å²) in [5, 5.41) is 10.9. The van der Waals surface area contributed by atoms with Crippen LogP contribution in [0.3, 0.4) is 0 Å². The second kappa shape index (κ2) is 8.95. The fourth-order valence-corrected chi connectivity index (χ4v) is 3.76. The van der Waals surface area contributed by atoms with Gasteiger partial charge in [0.1, 0.15) is 0 Å². The number of hydrogen-bond acceptors (Lipinski definition) is 5. The van der Waals surface area contributed by atoms with E-state index in [0.717, 1.165) is 11.1 Å². The molecule has 1 saturated heterocycles. The zero-order chi connectivity index (χ0) is 18.4. The molecule has 26 heavy (non-hydrogen) atoms. The van der Waals surface area contributed by atoms with Crippen molar-refractivity contribution in [2.24, 2.45) is 10.2 Å². The summed E-state index contributed by atoms with van der Waals surface area (Å²) in [5.74, 6) is -2.57. The zero-order valence-electron chi connectivity index (χ0n) is 13.5. The summed E-state index contributed by atoms with van der Waals surface area (Å²) in [6, 6.07) is 16.4. The number of rotatable bonds is 6. The zero-order valence-corrected chi connectivity index (χ0v) is 15.1. The van der Waals surface area contributed by atoms with E-state index in [1.807, 2.05) is 30.3 Å². The number of amides is 1. The number of nitrogens with one attached hydrogen (secondary N) is 1. The molecule has 1 N–H and O–H groups in total. The van der Waals surface area contributed by atoms with E-state index in [1.54, 1.807) is 30.5 Å². The van der Waals surface area contributed by atoms with Gasteiger partial charge in [-0.2, -0.15) is 13.9 Å². The molecule has 134 valence electrons. The van der Waals surface area contributed by atoms with Crippen LogP contribution in [0.1, 0.15) is 11.1 Å². The van der Waals surface area contributed by atoms with E-state index >= 15 is 0 Å². The van der Waals surface area contributed by atoms with Crippen molar-refractivity contribution in [2.75, 3.05) is 0 Å². The quantitative estimate of drug-likeness (QED) is 0.457. The second-order valence-electron chi connectivity index (χ2n) is 5.38. The summed E-state index contributed by atoms with van der Waals surface area (Å²) in [7, 11) is 0. The van der Waals surface area contributed by atoms with Gasteiger partial charge in [-0.05, 0) is 29.7 Å². The van der Waals surface area contributed by atoms with Crippen LogP contribution in [0.4, 0.5) is 8.78 Å². The highest BCUT2D eigenvalue weighted by atomic mass is 32.2. The number of halogens is 2. The average molecular weight is 391 g/mol. The highest BCUT2D eigenvalue weighted by Gasteiger charge is 2.30. The summed E-state index contributed by atoms with van der Waals surface area (Å²) < 4.78 is 24.7. The summed E-state index contributed by atoms with van der Waals surface area (Å²) in [6.07, 6.45) is 2.12. The fraction of sp³-hybridized carbons (Fsp3) is 0.167. The van der Waals surface area contributed by atoms with Crippen molar-refractivity contribution in [1.29, 1.82) is 0 Å².